The molecule has 0 radical (unpaired) electrons. The van der Waals surface area contributed by atoms with Crippen LogP contribution in [0.15, 0.2) is 30.3 Å². The van der Waals surface area contributed by atoms with Gasteiger partial charge in [-0.25, -0.2) is 0 Å². The van der Waals surface area contributed by atoms with E-state index in [0.29, 0.717) is 4.88 Å². The topological polar surface area (TPSA) is 49.4 Å². The molecule has 0 fully saturated rings. The van der Waals surface area contributed by atoms with E-state index in [4.69, 9.17) is 0 Å². The summed E-state index contributed by atoms with van der Waals surface area (Å²) in [6.07, 6.45) is 1.76. The summed E-state index contributed by atoms with van der Waals surface area (Å²) >= 11 is 1.49. The summed E-state index contributed by atoms with van der Waals surface area (Å²) in [6, 6.07) is 9.65. The number of carbonyl (C=O) groups is 2. The lowest BCUT2D eigenvalue weighted by atomic mass is 10.1. The molecule has 1 aromatic carbocycles. The molecule has 1 N–H and O–H groups in total. The Balaban J connectivity index is 2.01. The van der Waals surface area contributed by atoms with E-state index in [1.807, 2.05) is 44.2 Å². The highest BCUT2D eigenvalue weighted by molar-refractivity contribution is 7.14. The van der Waals surface area contributed by atoms with E-state index < -0.39 is 0 Å². The van der Waals surface area contributed by atoms with E-state index in [-0.39, 0.29) is 18.4 Å². The molecule has 1 aromatic heterocycles. The number of hydrogen-bond acceptors (Lipinski definition) is 3. The molecule has 0 aliphatic rings. The van der Waals surface area contributed by atoms with Crippen molar-refractivity contribution in [2.45, 2.75) is 33.6 Å². The van der Waals surface area contributed by atoms with E-state index in [0.717, 1.165) is 29.0 Å². The molecular weight excluding hydrogens is 320 g/mol. The Morgan fingerprint density at radius 1 is 1.12 bits per heavy atom. The minimum Gasteiger partial charge on any atom is -0.332 e. The molecule has 0 spiro atoms. The molecule has 0 atom stereocenters. The van der Waals surface area contributed by atoms with Gasteiger partial charge in [0.1, 0.15) is 0 Å². The van der Waals surface area contributed by atoms with Gasteiger partial charge in [-0.2, -0.15) is 0 Å². The second-order valence-corrected chi connectivity index (χ2v) is 7.02. The number of hydrogen-bond donors (Lipinski definition) is 1. The predicted octanol–water partition coefficient (Wildman–Crippen LogP) is 3.89. The van der Waals surface area contributed by atoms with Gasteiger partial charge in [-0.15, -0.1) is 11.3 Å². The SMILES string of the molecule is CCc1ccccc1NC(=O)CN(C)C(=O)c1cc(CC)c(C)s1. The lowest BCUT2D eigenvalue weighted by Crippen LogP contribution is -2.34. The van der Waals surface area contributed by atoms with Gasteiger partial charge in [0.15, 0.2) is 0 Å². The molecule has 0 saturated carbocycles. The van der Waals surface area contributed by atoms with Gasteiger partial charge in [0.2, 0.25) is 5.91 Å². The molecule has 128 valence electrons. The van der Waals surface area contributed by atoms with Gasteiger partial charge in [0.05, 0.1) is 11.4 Å². The molecule has 1 heterocycles. The zero-order valence-electron chi connectivity index (χ0n) is 14.7. The van der Waals surface area contributed by atoms with Crippen LogP contribution in [0.1, 0.15) is 39.5 Å². The Morgan fingerprint density at radius 3 is 2.42 bits per heavy atom. The third-order valence-electron chi connectivity index (χ3n) is 4.01. The number of nitrogens with zero attached hydrogens (tertiary/aromatic N) is 1. The molecule has 2 aromatic rings. The number of benzene rings is 1. The van der Waals surface area contributed by atoms with Crippen molar-refractivity contribution in [3.63, 3.8) is 0 Å². The molecule has 0 saturated heterocycles. The summed E-state index contributed by atoms with van der Waals surface area (Å²) in [5.74, 6) is -0.294. The fourth-order valence-electron chi connectivity index (χ4n) is 2.59. The lowest BCUT2D eigenvalue weighted by Gasteiger charge is -2.17. The van der Waals surface area contributed by atoms with Crippen molar-refractivity contribution in [2.75, 3.05) is 18.9 Å². The fraction of sp³-hybridized carbons (Fsp3) is 0.368. The summed E-state index contributed by atoms with van der Waals surface area (Å²) in [6.45, 7) is 6.18. The zero-order chi connectivity index (χ0) is 17.7. The van der Waals surface area contributed by atoms with Crippen LogP contribution in [-0.4, -0.2) is 30.3 Å². The molecule has 0 bridgehead atoms. The van der Waals surface area contributed by atoms with Gasteiger partial charge in [-0.3, -0.25) is 9.59 Å². The van der Waals surface area contributed by atoms with Crippen molar-refractivity contribution in [1.82, 2.24) is 4.90 Å². The van der Waals surface area contributed by atoms with Crippen molar-refractivity contribution in [3.05, 3.63) is 51.2 Å². The normalized spacial score (nSPS) is 10.5. The van der Waals surface area contributed by atoms with Crippen molar-refractivity contribution in [1.29, 1.82) is 0 Å². The zero-order valence-corrected chi connectivity index (χ0v) is 15.5. The number of thiophene rings is 1. The Kier molecular flexibility index (Phi) is 6.15. The molecule has 5 heteroatoms. The van der Waals surface area contributed by atoms with Crippen LogP contribution in [0.5, 0.6) is 0 Å². The van der Waals surface area contributed by atoms with Gasteiger partial charge in [0.25, 0.3) is 5.91 Å². The second-order valence-electron chi connectivity index (χ2n) is 5.77. The number of nitrogens with one attached hydrogen (secondary N) is 1. The van der Waals surface area contributed by atoms with E-state index in [2.05, 4.69) is 12.2 Å². The maximum Gasteiger partial charge on any atom is 0.264 e. The molecule has 2 rings (SSSR count). The smallest absolute Gasteiger partial charge is 0.264 e. The number of para-hydroxylation sites is 1. The summed E-state index contributed by atoms with van der Waals surface area (Å²) < 4.78 is 0. The minimum atomic E-state index is -0.184. The minimum absolute atomic E-state index is 0.0370. The Labute approximate surface area is 147 Å². The van der Waals surface area contributed by atoms with Crippen LogP contribution in [0.4, 0.5) is 5.69 Å². The Hall–Kier alpha value is -2.14. The number of rotatable bonds is 6. The second kappa shape index (κ2) is 8.11. The number of aryl methyl sites for hydroxylation is 3. The van der Waals surface area contributed by atoms with Gasteiger partial charge in [0, 0.05) is 17.6 Å². The van der Waals surface area contributed by atoms with Crippen molar-refractivity contribution >= 4 is 28.8 Å². The summed E-state index contributed by atoms with van der Waals surface area (Å²) in [4.78, 5) is 28.1. The standard InChI is InChI=1S/C19H24N2O2S/c1-5-14-9-7-8-10-16(14)20-18(22)12-21(4)19(23)17-11-15(6-2)13(3)24-17/h7-11H,5-6,12H2,1-4H3,(H,20,22). The first-order valence-electron chi connectivity index (χ1n) is 8.18. The van der Waals surface area contributed by atoms with Crippen LogP contribution in [-0.2, 0) is 17.6 Å². The molecule has 0 aliphatic heterocycles. The molecule has 0 aliphatic carbocycles. The van der Waals surface area contributed by atoms with Gasteiger partial charge in [-0.05, 0) is 43.0 Å². The fourth-order valence-corrected chi connectivity index (χ4v) is 3.70. The Bertz CT molecular complexity index is 737. The maximum atomic E-state index is 12.5. The van der Waals surface area contributed by atoms with Crippen molar-refractivity contribution < 1.29 is 9.59 Å². The predicted molar refractivity (Wildman–Crippen MR) is 99.8 cm³/mol. The van der Waals surface area contributed by atoms with Crippen LogP contribution < -0.4 is 5.32 Å². The quantitative estimate of drug-likeness (QED) is 0.864. The third-order valence-corrected chi connectivity index (χ3v) is 5.09. The number of carbonyl (C=O) groups excluding carboxylic acids is 2. The van der Waals surface area contributed by atoms with E-state index in [1.165, 1.54) is 21.8 Å². The van der Waals surface area contributed by atoms with Gasteiger partial charge < -0.3 is 10.2 Å². The molecule has 24 heavy (non-hydrogen) atoms. The largest absolute Gasteiger partial charge is 0.332 e. The van der Waals surface area contributed by atoms with E-state index in [1.54, 1.807) is 7.05 Å². The third kappa shape index (κ3) is 4.23. The van der Waals surface area contributed by atoms with E-state index in [9.17, 15) is 9.59 Å². The van der Waals surface area contributed by atoms with E-state index >= 15 is 0 Å². The monoisotopic (exact) mass is 344 g/mol. The highest BCUT2D eigenvalue weighted by Gasteiger charge is 2.18. The highest BCUT2D eigenvalue weighted by Crippen LogP contribution is 2.23. The van der Waals surface area contributed by atoms with Gasteiger partial charge >= 0.3 is 0 Å². The average Bonchev–Trinajstić information content (AvgIpc) is 2.95. The first-order valence-corrected chi connectivity index (χ1v) is 9.00. The average molecular weight is 344 g/mol. The van der Waals surface area contributed by atoms with Crippen molar-refractivity contribution in [2.24, 2.45) is 0 Å². The first-order chi connectivity index (χ1) is 11.5. The van der Waals surface area contributed by atoms with Crippen LogP contribution in [0, 0.1) is 6.92 Å². The van der Waals surface area contributed by atoms with Crippen molar-refractivity contribution in [3.8, 4) is 0 Å². The lowest BCUT2D eigenvalue weighted by molar-refractivity contribution is -0.116. The Morgan fingerprint density at radius 2 is 1.79 bits per heavy atom. The molecule has 4 nitrogen and oxygen atoms in total. The summed E-state index contributed by atoms with van der Waals surface area (Å²) in [5, 5.41) is 2.90. The number of likely N-dealkylation sites (N-methyl/N-ethyl adjacent to an activating group) is 1. The maximum absolute atomic E-state index is 12.5. The highest BCUT2D eigenvalue weighted by atomic mass is 32.1. The number of anilines is 1. The first kappa shape index (κ1) is 18.2. The molecule has 2 amide bonds. The number of amides is 2. The van der Waals surface area contributed by atoms with Gasteiger partial charge in [-0.1, -0.05) is 32.0 Å². The summed E-state index contributed by atoms with van der Waals surface area (Å²) in [7, 11) is 1.66. The van der Waals surface area contributed by atoms with Crippen LogP contribution in [0.25, 0.3) is 0 Å². The summed E-state index contributed by atoms with van der Waals surface area (Å²) in [5.41, 5.74) is 3.09. The van der Waals surface area contributed by atoms with Crippen LogP contribution in [0.3, 0.4) is 0 Å². The van der Waals surface area contributed by atoms with Crippen LogP contribution >= 0.6 is 11.3 Å². The van der Waals surface area contributed by atoms with Crippen LogP contribution in [0.2, 0.25) is 0 Å². The molecular formula is C19H24N2O2S. The molecule has 0 unspecified atom stereocenters.